The largest absolute Gasteiger partial charge is 0.481 e. The van der Waals surface area contributed by atoms with E-state index in [1.807, 2.05) is 24.3 Å². The molecule has 1 atom stereocenters. The van der Waals surface area contributed by atoms with Gasteiger partial charge in [-0.1, -0.05) is 25.1 Å². The third kappa shape index (κ3) is 2.76. The standard InChI is InChI=1S/C14H16N2O3/c1-2-9(14(18)19)7-16-13(17)11-8-15-12-6-4-3-5-10(11)12/h3-6,8-9,15H,2,7H2,1H3,(H,16,17)(H,18,19). The number of nitrogens with one attached hydrogen (secondary N) is 2. The molecule has 1 aromatic heterocycles. The quantitative estimate of drug-likeness (QED) is 0.769. The number of benzene rings is 1. The Labute approximate surface area is 110 Å². The Morgan fingerprint density at radius 2 is 2.11 bits per heavy atom. The van der Waals surface area contributed by atoms with Crippen LogP contribution in [0.15, 0.2) is 30.5 Å². The highest BCUT2D eigenvalue weighted by Gasteiger charge is 2.17. The molecule has 0 saturated carbocycles. The van der Waals surface area contributed by atoms with E-state index < -0.39 is 11.9 Å². The number of H-pyrrole nitrogens is 1. The number of aromatic nitrogens is 1. The average Bonchev–Trinajstić information content (AvgIpc) is 2.82. The smallest absolute Gasteiger partial charge is 0.308 e. The molecular formula is C14H16N2O3. The minimum absolute atomic E-state index is 0.143. The van der Waals surface area contributed by atoms with E-state index in [0.717, 1.165) is 10.9 Å². The lowest BCUT2D eigenvalue weighted by Gasteiger charge is -2.10. The molecule has 0 spiro atoms. The third-order valence-electron chi connectivity index (χ3n) is 3.18. The van der Waals surface area contributed by atoms with Crippen LogP contribution in [0, 0.1) is 5.92 Å². The summed E-state index contributed by atoms with van der Waals surface area (Å²) in [5, 5.41) is 12.4. The molecular weight excluding hydrogens is 244 g/mol. The summed E-state index contributed by atoms with van der Waals surface area (Å²) in [5.41, 5.74) is 1.42. The number of carbonyl (C=O) groups is 2. The number of carboxylic acid groups (broad SMARTS) is 1. The average molecular weight is 260 g/mol. The van der Waals surface area contributed by atoms with Crippen molar-refractivity contribution in [2.45, 2.75) is 13.3 Å². The molecule has 0 bridgehead atoms. The number of carboxylic acids is 1. The molecule has 1 unspecified atom stereocenters. The minimum atomic E-state index is -0.887. The van der Waals surface area contributed by atoms with Crippen molar-refractivity contribution in [3.63, 3.8) is 0 Å². The van der Waals surface area contributed by atoms with Crippen LogP contribution in [0.2, 0.25) is 0 Å². The molecule has 3 N–H and O–H groups in total. The van der Waals surface area contributed by atoms with Gasteiger partial charge in [0.15, 0.2) is 0 Å². The summed E-state index contributed by atoms with van der Waals surface area (Å²) >= 11 is 0. The number of para-hydroxylation sites is 1. The highest BCUT2D eigenvalue weighted by atomic mass is 16.4. The van der Waals surface area contributed by atoms with Gasteiger partial charge in [0.25, 0.3) is 5.91 Å². The Bertz CT molecular complexity index is 604. The number of aromatic amines is 1. The molecule has 1 aromatic carbocycles. The first-order valence-corrected chi connectivity index (χ1v) is 6.20. The fraction of sp³-hybridized carbons (Fsp3) is 0.286. The molecule has 0 aliphatic carbocycles. The van der Waals surface area contributed by atoms with Gasteiger partial charge in [0, 0.05) is 23.6 Å². The van der Waals surface area contributed by atoms with E-state index >= 15 is 0 Å². The first-order chi connectivity index (χ1) is 9.13. The van der Waals surface area contributed by atoms with Gasteiger partial charge in [-0.15, -0.1) is 0 Å². The molecule has 1 heterocycles. The summed E-state index contributed by atoms with van der Waals surface area (Å²) < 4.78 is 0. The highest BCUT2D eigenvalue weighted by Crippen LogP contribution is 2.17. The second-order valence-electron chi connectivity index (χ2n) is 4.40. The first kappa shape index (κ1) is 13.1. The van der Waals surface area contributed by atoms with Gasteiger partial charge in [-0.25, -0.2) is 0 Å². The van der Waals surface area contributed by atoms with Crippen molar-refractivity contribution >= 4 is 22.8 Å². The topological polar surface area (TPSA) is 82.2 Å². The molecule has 0 saturated heterocycles. The van der Waals surface area contributed by atoms with Gasteiger partial charge in [0.05, 0.1) is 11.5 Å². The molecule has 2 rings (SSSR count). The number of carbonyl (C=O) groups excluding carboxylic acids is 1. The summed E-state index contributed by atoms with van der Waals surface area (Å²) in [4.78, 5) is 25.9. The number of hydrogen-bond donors (Lipinski definition) is 3. The molecule has 19 heavy (non-hydrogen) atoms. The summed E-state index contributed by atoms with van der Waals surface area (Å²) in [6.07, 6.45) is 2.13. The van der Waals surface area contributed by atoms with Crippen LogP contribution >= 0.6 is 0 Å². The van der Waals surface area contributed by atoms with Crippen molar-refractivity contribution in [2.24, 2.45) is 5.92 Å². The van der Waals surface area contributed by atoms with Gasteiger partial charge in [0.2, 0.25) is 0 Å². The zero-order chi connectivity index (χ0) is 13.8. The van der Waals surface area contributed by atoms with Crippen molar-refractivity contribution < 1.29 is 14.7 Å². The first-order valence-electron chi connectivity index (χ1n) is 6.20. The number of hydrogen-bond acceptors (Lipinski definition) is 2. The summed E-state index contributed by atoms with van der Waals surface area (Å²) in [7, 11) is 0. The lowest BCUT2D eigenvalue weighted by Crippen LogP contribution is -2.32. The lowest BCUT2D eigenvalue weighted by atomic mass is 10.1. The van der Waals surface area contributed by atoms with Crippen molar-refractivity contribution in [3.05, 3.63) is 36.0 Å². The van der Waals surface area contributed by atoms with Crippen molar-refractivity contribution in [1.82, 2.24) is 10.3 Å². The predicted octanol–water partition coefficient (Wildman–Crippen LogP) is 2.01. The van der Waals surface area contributed by atoms with Crippen LogP contribution in [-0.2, 0) is 4.79 Å². The molecule has 0 aliphatic heterocycles. The van der Waals surface area contributed by atoms with Crippen LogP contribution < -0.4 is 5.32 Å². The van der Waals surface area contributed by atoms with Gasteiger partial charge >= 0.3 is 5.97 Å². The van der Waals surface area contributed by atoms with E-state index in [0.29, 0.717) is 12.0 Å². The van der Waals surface area contributed by atoms with Crippen LogP contribution in [0.25, 0.3) is 10.9 Å². The molecule has 100 valence electrons. The normalized spacial score (nSPS) is 12.3. The second-order valence-corrected chi connectivity index (χ2v) is 4.40. The third-order valence-corrected chi connectivity index (χ3v) is 3.18. The van der Waals surface area contributed by atoms with Gasteiger partial charge in [-0.3, -0.25) is 9.59 Å². The van der Waals surface area contributed by atoms with Gasteiger partial charge < -0.3 is 15.4 Å². The van der Waals surface area contributed by atoms with Crippen LogP contribution in [-0.4, -0.2) is 28.5 Å². The fourth-order valence-corrected chi connectivity index (χ4v) is 1.98. The van der Waals surface area contributed by atoms with E-state index in [1.165, 1.54) is 0 Å². The zero-order valence-corrected chi connectivity index (χ0v) is 10.6. The maximum Gasteiger partial charge on any atom is 0.308 e. The van der Waals surface area contributed by atoms with E-state index in [2.05, 4.69) is 10.3 Å². The zero-order valence-electron chi connectivity index (χ0n) is 10.6. The number of rotatable bonds is 5. The summed E-state index contributed by atoms with van der Waals surface area (Å²) in [6.45, 7) is 1.93. The van der Waals surface area contributed by atoms with Crippen molar-refractivity contribution in [3.8, 4) is 0 Å². The molecule has 5 nitrogen and oxygen atoms in total. The lowest BCUT2D eigenvalue weighted by molar-refractivity contribution is -0.141. The molecule has 2 aromatic rings. The van der Waals surface area contributed by atoms with Crippen LogP contribution in [0.5, 0.6) is 0 Å². The predicted molar refractivity (Wildman–Crippen MR) is 72.0 cm³/mol. The van der Waals surface area contributed by atoms with E-state index in [-0.39, 0.29) is 12.5 Å². The van der Waals surface area contributed by atoms with Crippen molar-refractivity contribution in [1.29, 1.82) is 0 Å². The Balaban J connectivity index is 2.10. The number of amides is 1. The maximum absolute atomic E-state index is 12.0. The monoisotopic (exact) mass is 260 g/mol. The van der Waals surface area contributed by atoms with Crippen molar-refractivity contribution in [2.75, 3.05) is 6.54 Å². The molecule has 0 radical (unpaired) electrons. The second kappa shape index (κ2) is 5.56. The Kier molecular flexibility index (Phi) is 3.85. The van der Waals surface area contributed by atoms with Gasteiger partial charge in [-0.05, 0) is 12.5 Å². The van der Waals surface area contributed by atoms with Gasteiger partial charge in [-0.2, -0.15) is 0 Å². The molecule has 0 fully saturated rings. The molecule has 1 amide bonds. The Hall–Kier alpha value is -2.30. The Morgan fingerprint density at radius 1 is 1.37 bits per heavy atom. The van der Waals surface area contributed by atoms with Gasteiger partial charge in [0.1, 0.15) is 0 Å². The van der Waals surface area contributed by atoms with Crippen LogP contribution in [0.1, 0.15) is 23.7 Å². The van der Waals surface area contributed by atoms with Crippen LogP contribution in [0.4, 0.5) is 0 Å². The number of fused-ring (bicyclic) bond motifs is 1. The minimum Gasteiger partial charge on any atom is -0.481 e. The van der Waals surface area contributed by atoms with E-state index in [9.17, 15) is 9.59 Å². The summed E-state index contributed by atoms with van der Waals surface area (Å²) in [6, 6.07) is 7.49. The molecule has 5 heteroatoms. The molecule has 0 aliphatic rings. The van der Waals surface area contributed by atoms with Crippen LogP contribution in [0.3, 0.4) is 0 Å². The van der Waals surface area contributed by atoms with E-state index in [1.54, 1.807) is 13.1 Å². The fourth-order valence-electron chi connectivity index (χ4n) is 1.98. The van der Waals surface area contributed by atoms with E-state index in [4.69, 9.17) is 5.11 Å². The SMILES string of the molecule is CCC(CNC(=O)c1c[nH]c2ccccc12)C(=O)O. The highest BCUT2D eigenvalue weighted by molar-refractivity contribution is 6.06. The maximum atomic E-state index is 12.0. The summed E-state index contributed by atoms with van der Waals surface area (Å²) in [5.74, 6) is -1.69. The Morgan fingerprint density at radius 3 is 2.79 bits per heavy atom. The number of aliphatic carboxylic acids is 1.